The molecular formula is C24H26N2O4S. The first-order chi connectivity index (χ1) is 14.9. The topological polar surface area (TPSA) is 75.7 Å². The molecule has 0 aliphatic rings. The van der Waals surface area contributed by atoms with E-state index in [1.165, 1.54) is 16.4 Å². The van der Waals surface area contributed by atoms with E-state index in [1.807, 2.05) is 61.5 Å². The van der Waals surface area contributed by atoms with Crippen molar-refractivity contribution >= 4 is 21.6 Å². The molecule has 0 fully saturated rings. The number of hydrogen-bond donors (Lipinski definition) is 1. The maximum Gasteiger partial charge on any atom is 0.243 e. The Kier molecular flexibility index (Phi) is 7.44. The van der Waals surface area contributed by atoms with Crippen LogP contribution in [0.2, 0.25) is 0 Å². The van der Waals surface area contributed by atoms with E-state index < -0.39 is 10.0 Å². The molecule has 6 nitrogen and oxygen atoms in total. The van der Waals surface area contributed by atoms with Gasteiger partial charge in [-0.25, -0.2) is 8.42 Å². The average Bonchev–Trinajstić information content (AvgIpc) is 2.76. The first-order valence-corrected chi connectivity index (χ1v) is 11.4. The lowest BCUT2D eigenvalue weighted by atomic mass is 10.1. The van der Waals surface area contributed by atoms with E-state index in [1.54, 1.807) is 19.2 Å². The van der Waals surface area contributed by atoms with Gasteiger partial charge in [0.05, 0.1) is 17.9 Å². The first kappa shape index (κ1) is 22.5. The highest BCUT2D eigenvalue weighted by Gasteiger charge is 2.20. The summed E-state index contributed by atoms with van der Waals surface area (Å²) in [7, 11) is -2.08. The smallest absolute Gasteiger partial charge is 0.243 e. The van der Waals surface area contributed by atoms with Crippen molar-refractivity contribution in [3.05, 3.63) is 90.0 Å². The fraction of sp³-hybridized carbons (Fsp3) is 0.208. The molecule has 0 aromatic heterocycles. The molecule has 1 amide bonds. The molecule has 0 heterocycles. The number of nitrogens with zero attached hydrogens (tertiary/aromatic N) is 1. The van der Waals surface area contributed by atoms with Gasteiger partial charge in [-0.3, -0.25) is 4.79 Å². The van der Waals surface area contributed by atoms with Crippen molar-refractivity contribution in [2.24, 2.45) is 0 Å². The summed E-state index contributed by atoms with van der Waals surface area (Å²) in [6.07, 6.45) is 0.215. The second kappa shape index (κ2) is 10.2. The molecular weight excluding hydrogens is 412 g/mol. The minimum atomic E-state index is -3.63. The molecule has 7 heteroatoms. The van der Waals surface area contributed by atoms with Crippen molar-refractivity contribution in [2.45, 2.75) is 24.8 Å². The Morgan fingerprint density at radius 3 is 2.16 bits per heavy atom. The average molecular weight is 439 g/mol. The van der Waals surface area contributed by atoms with E-state index in [4.69, 9.17) is 4.74 Å². The van der Waals surface area contributed by atoms with Crippen LogP contribution in [0.5, 0.6) is 5.75 Å². The van der Waals surface area contributed by atoms with Crippen LogP contribution in [0.15, 0.2) is 83.8 Å². The van der Waals surface area contributed by atoms with Gasteiger partial charge < -0.3 is 10.1 Å². The number of hydrogen-bond acceptors (Lipinski definition) is 4. The van der Waals surface area contributed by atoms with Gasteiger partial charge >= 0.3 is 0 Å². The minimum Gasteiger partial charge on any atom is -0.494 e. The van der Waals surface area contributed by atoms with Gasteiger partial charge in [-0.1, -0.05) is 42.5 Å². The molecule has 31 heavy (non-hydrogen) atoms. The van der Waals surface area contributed by atoms with E-state index in [2.05, 4.69) is 5.32 Å². The summed E-state index contributed by atoms with van der Waals surface area (Å²) < 4.78 is 32.3. The molecule has 3 rings (SSSR count). The second-order valence-corrected chi connectivity index (χ2v) is 9.12. The monoisotopic (exact) mass is 438 g/mol. The van der Waals surface area contributed by atoms with Crippen LogP contribution in [0.3, 0.4) is 0 Å². The first-order valence-electron chi connectivity index (χ1n) is 10.0. The van der Waals surface area contributed by atoms with Crippen LogP contribution in [-0.4, -0.2) is 32.3 Å². The van der Waals surface area contributed by atoms with Crippen LogP contribution in [-0.2, 0) is 27.8 Å². The summed E-state index contributed by atoms with van der Waals surface area (Å²) in [5, 5.41) is 2.80. The van der Waals surface area contributed by atoms with Crippen LogP contribution >= 0.6 is 0 Å². The molecule has 3 aromatic rings. The summed E-state index contributed by atoms with van der Waals surface area (Å²) in [5.74, 6) is 0.585. The molecule has 162 valence electrons. The third-order valence-corrected chi connectivity index (χ3v) is 6.51. The van der Waals surface area contributed by atoms with Gasteiger partial charge in [0, 0.05) is 19.3 Å². The summed E-state index contributed by atoms with van der Waals surface area (Å²) in [6, 6.07) is 23.0. The summed E-state index contributed by atoms with van der Waals surface area (Å²) in [4.78, 5) is 12.5. The van der Waals surface area contributed by atoms with Gasteiger partial charge in [0.15, 0.2) is 0 Å². The standard InChI is InChI=1S/C24H26N2O4S/c1-3-30-22-13-9-19(10-14-22)17-24(27)25-21-11-15-23(16-12-21)31(28,29)26(2)18-20-7-5-4-6-8-20/h4-16H,3,17-18H2,1-2H3,(H,25,27). The molecule has 0 atom stereocenters. The van der Waals surface area contributed by atoms with Gasteiger partial charge in [-0.05, 0) is 54.4 Å². The molecule has 0 saturated carbocycles. The fourth-order valence-electron chi connectivity index (χ4n) is 3.08. The van der Waals surface area contributed by atoms with Gasteiger partial charge in [0.2, 0.25) is 15.9 Å². The Morgan fingerprint density at radius 1 is 0.903 bits per heavy atom. The zero-order chi connectivity index (χ0) is 22.3. The van der Waals surface area contributed by atoms with Crippen LogP contribution < -0.4 is 10.1 Å². The van der Waals surface area contributed by atoms with E-state index in [9.17, 15) is 13.2 Å². The van der Waals surface area contributed by atoms with Gasteiger partial charge in [0.25, 0.3) is 0 Å². The van der Waals surface area contributed by atoms with Crippen LogP contribution in [0.1, 0.15) is 18.1 Å². The van der Waals surface area contributed by atoms with Crippen molar-refractivity contribution in [3.63, 3.8) is 0 Å². The number of nitrogens with one attached hydrogen (secondary N) is 1. The van der Waals surface area contributed by atoms with Gasteiger partial charge in [-0.2, -0.15) is 4.31 Å². The zero-order valence-corrected chi connectivity index (χ0v) is 18.4. The highest BCUT2D eigenvalue weighted by molar-refractivity contribution is 7.89. The Labute approximate surface area is 183 Å². The number of benzene rings is 3. The SMILES string of the molecule is CCOc1ccc(CC(=O)Nc2ccc(S(=O)(=O)N(C)Cc3ccccc3)cc2)cc1. The predicted molar refractivity (Wildman–Crippen MR) is 121 cm³/mol. The number of rotatable bonds is 9. The Bertz CT molecular complexity index is 1100. The van der Waals surface area contributed by atoms with E-state index >= 15 is 0 Å². The number of carbonyl (C=O) groups excluding carboxylic acids is 1. The van der Waals surface area contributed by atoms with E-state index in [-0.39, 0.29) is 23.8 Å². The quantitative estimate of drug-likeness (QED) is 0.546. The van der Waals surface area contributed by atoms with Crippen LogP contribution in [0.4, 0.5) is 5.69 Å². The van der Waals surface area contributed by atoms with Crippen molar-refractivity contribution in [3.8, 4) is 5.75 Å². The molecule has 0 aliphatic carbocycles. The maximum absolute atomic E-state index is 12.8. The third kappa shape index (κ3) is 6.16. The lowest BCUT2D eigenvalue weighted by molar-refractivity contribution is -0.115. The minimum absolute atomic E-state index is 0.176. The number of anilines is 1. The predicted octanol–water partition coefficient (Wildman–Crippen LogP) is 4.09. The highest BCUT2D eigenvalue weighted by Crippen LogP contribution is 2.20. The molecule has 0 saturated heterocycles. The molecule has 0 bridgehead atoms. The Morgan fingerprint density at radius 2 is 1.55 bits per heavy atom. The Hall–Kier alpha value is -3.16. The molecule has 0 unspecified atom stereocenters. The van der Waals surface area contributed by atoms with Crippen molar-refractivity contribution in [1.29, 1.82) is 0 Å². The van der Waals surface area contributed by atoms with Crippen LogP contribution in [0.25, 0.3) is 0 Å². The van der Waals surface area contributed by atoms with Gasteiger partial charge in [-0.15, -0.1) is 0 Å². The van der Waals surface area contributed by atoms with E-state index in [0.29, 0.717) is 12.3 Å². The number of ether oxygens (including phenoxy) is 1. The maximum atomic E-state index is 12.8. The summed E-state index contributed by atoms with van der Waals surface area (Å²) in [6.45, 7) is 2.79. The third-order valence-electron chi connectivity index (χ3n) is 4.69. The van der Waals surface area contributed by atoms with Crippen molar-refractivity contribution < 1.29 is 17.9 Å². The molecule has 0 spiro atoms. The Balaban J connectivity index is 1.60. The number of sulfonamides is 1. The normalized spacial score (nSPS) is 11.3. The molecule has 0 radical (unpaired) electrons. The van der Waals surface area contributed by atoms with Crippen molar-refractivity contribution in [2.75, 3.05) is 19.0 Å². The van der Waals surface area contributed by atoms with Crippen LogP contribution in [0, 0.1) is 0 Å². The number of carbonyl (C=O) groups is 1. The summed E-state index contributed by atoms with van der Waals surface area (Å²) >= 11 is 0. The second-order valence-electron chi connectivity index (χ2n) is 7.07. The largest absolute Gasteiger partial charge is 0.494 e. The van der Waals surface area contributed by atoms with Crippen molar-refractivity contribution in [1.82, 2.24) is 4.31 Å². The lowest BCUT2D eigenvalue weighted by Crippen LogP contribution is -2.26. The lowest BCUT2D eigenvalue weighted by Gasteiger charge is -2.17. The fourth-order valence-corrected chi connectivity index (χ4v) is 4.24. The summed E-state index contributed by atoms with van der Waals surface area (Å²) in [5.41, 5.74) is 2.31. The molecule has 1 N–H and O–H groups in total. The zero-order valence-electron chi connectivity index (χ0n) is 17.6. The molecule has 0 aliphatic heterocycles. The number of amides is 1. The van der Waals surface area contributed by atoms with Gasteiger partial charge in [0.1, 0.15) is 5.75 Å². The molecule has 3 aromatic carbocycles. The highest BCUT2D eigenvalue weighted by atomic mass is 32.2. The van der Waals surface area contributed by atoms with E-state index in [0.717, 1.165) is 16.9 Å².